The summed E-state index contributed by atoms with van der Waals surface area (Å²) in [6.07, 6.45) is 12.6. The van der Waals surface area contributed by atoms with E-state index in [0.717, 1.165) is 19.3 Å². The molecule has 0 spiro atoms. The van der Waals surface area contributed by atoms with Crippen LogP contribution in [0.25, 0.3) is 0 Å². The van der Waals surface area contributed by atoms with Crippen molar-refractivity contribution in [2.24, 2.45) is 11.7 Å². The fourth-order valence-corrected chi connectivity index (χ4v) is 3.43. The average Bonchev–Trinajstić information content (AvgIpc) is 2.42. The molecule has 3 heteroatoms. The minimum Gasteiger partial charge on any atom is -0.349 e. The third kappa shape index (κ3) is 6.25. The molecule has 2 unspecified atom stereocenters. The molecule has 0 aromatic carbocycles. The molecular weight excluding hydrogens is 248 g/mol. The maximum atomic E-state index is 12.1. The maximum Gasteiger partial charge on any atom is 0.220 e. The lowest BCUT2D eigenvalue weighted by Gasteiger charge is -2.40. The van der Waals surface area contributed by atoms with Gasteiger partial charge in [0, 0.05) is 13.0 Å². The normalized spacial score (nSPS) is 26.4. The Labute approximate surface area is 125 Å². The second-order valence-corrected chi connectivity index (χ2v) is 6.75. The highest BCUT2D eigenvalue weighted by molar-refractivity contribution is 5.76. The van der Waals surface area contributed by atoms with Crippen LogP contribution in [0, 0.1) is 5.92 Å². The minimum absolute atomic E-state index is 0.114. The third-order valence-electron chi connectivity index (χ3n) is 4.64. The van der Waals surface area contributed by atoms with E-state index in [4.69, 9.17) is 5.73 Å². The number of nitrogens with one attached hydrogen (secondary N) is 1. The number of amides is 1. The number of carbonyl (C=O) groups is 1. The van der Waals surface area contributed by atoms with Gasteiger partial charge in [-0.25, -0.2) is 0 Å². The van der Waals surface area contributed by atoms with Crippen LogP contribution in [-0.4, -0.2) is 18.0 Å². The van der Waals surface area contributed by atoms with Crippen LogP contribution >= 0.6 is 0 Å². The van der Waals surface area contributed by atoms with Crippen LogP contribution in [0.1, 0.15) is 84.5 Å². The Morgan fingerprint density at radius 2 is 1.95 bits per heavy atom. The lowest BCUT2D eigenvalue weighted by Crippen LogP contribution is -2.55. The molecule has 1 rings (SSSR count). The van der Waals surface area contributed by atoms with Crippen molar-refractivity contribution < 1.29 is 4.79 Å². The molecule has 0 bridgehead atoms. The Bertz CT molecular complexity index is 280. The van der Waals surface area contributed by atoms with Gasteiger partial charge in [0.05, 0.1) is 5.54 Å². The highest BCUT2D eigenvalue weighted by Gasteiger charge is 2.34. The molecule has 3 N–H and O–H groups in total. The van der Waals surface area contributed by atoms with E-state index in [0.29, 0.717) is 18.9 Å². The van der Waals surface area contributed by atoms with Crippen molar-refractivity contribution in [3.63, 3.8) is 0 Å². The summed E-state index contributed by atoms with van der Waals surface area (Å²) in [6, 6.07) is 0. The van der Waals surface area contributed by atoms with Crippen LogP contribution in [0.4, 0.5) is 0 Å². The van der Waals surface area contributed by atoms with Gasteiger partial charge in [0.25, 0.3) is 0 Å². The number of unbranched alkanes of at least 4 members (excludes halogenated alkanes) is 5. The van der Waals surface area contributed by atoms with Crippen molar-refractivity contribution in [2.75, 3.05) is 6.54 Å². The summed E-state index contributed by atoms with van der Waals surface area (Å²) < 4.78 is 0. The van der Waals surface area contributed by atoms with Crippen molar-refractivity contribution in [3.8, 4) is 0 Å². The molecule has 0 aromatic heterocycles. The zero-order valence-corrected chi connectivity index (χ0v) is 13.5. The first-order valence-electron chi connectivity index (χ1n) is 8.63. The van der Waals surface area contributed by atoms with E-state index >= 15 is 0 Å². The predicted molar refractivity (Wildman–Crippen MR) is 85.6 cm³/mol. The van der Waals surface area contributed by atoms with Gasteiger partial charge in [0.2, 0.25) is 5.91 Å². The van der Waals surface area contributed by atoms with Crippen LogP contribution in [0.15, 0.2) is 0 Å². The number of rotatable bonds is 9. The fourth-order valence-electron chi connectivity index (χ4n) is 3.43. The quantitative estimate of drug-likeness (QED) is 0.633. The van der Waals surface area contributed by atoms with Gasteiger partial charge in [-0.1, -0.05) is 58.8 Å². The van der Waals surface area contributed by atoms with Crippen LogP contribution in [0.5, 0.6) is 0 Å². The summed E-state index contributed by atoms with van der Waals surface area (Å²) in [5.41, 5.74) is 5.83. The Morgan fingerprint density at radius 1 is 1.25 bits per heavy atom. The molecule has 20 heavy (non-hydrogen) atoms. The van der Waals surface area contributed by atoms with Gasteiger partial charge in [-0.15, -0.1) is 0 Å². The second-order valence-electron chi connectivity index (χ2n) is 6.75. The molecule has 0 radical (unpaired) electrons. The van der Waals surface area contributed by atoms with Crippen LogP contribution < -0.4 is 11.1 Å². The van der Waals surface area contributed by atoms with E-state index in [1.807, 2.05) is 0 Å². The fraction of sp³-hybridized carbons (Fsp3) is 0.941. The van der Waals surface area contributed by atoms with Gasteiger partial charge in [-0.2, -0.15) is 0 Å². The molecular formula is C17H34N2O. The Morgan fingerprint density at radius 3 is 2.60 bits per heavy atom. The highest BCUT2D eigenvalue weighted by atomic mass is 16.1. The standard InChI is InChI=1S/C17H34N2O/c1-3-4-5-6-7-8-11-16(20)19-17(14-18)12-9-10-15(2)13-17/h15H,3-14,18H2,1-2H3,(H,19,20). The molecule has 1 amide bonds. The molecule has 2 atom stereocenters. The lowest BCUT2D eigenvalue weighted by atomic mass is 9.76. The number of nitrogens with two attached hydrogens (primary N) is 1. The van der Waals surface area contributed by atoms with Gasteiger partial charge in [-0.05, 0) is 25.2 Å². The lowest BCUT2D eigenvalue weighted by molar-refractivity contribution is -0.123. The third-order valence-corrected chi connectivity index (χ3v) is 4.64. The molecule has 118 valence electrons. The van der Waals surface area contributed by atoms with Gasteiger partial charge < -0.3 is 11.1 Å². The minimum atomic E-state index is -0.114. The van der Waals surface area contributed by atoms with E-state index < -0.39 is 0 Å². The van der Waals surface area contributed by atoms with Crippen LogP contribution in [0.3, 0.4) is 0 Å². The molecule has 1 saturated carbocycles. The Kier molecular flexibility index (Phi) is 8.20. The van der Waals surface area contributed by atoms with E-state index in [9.17, 15) is 4.79 Å². The smallest absolute Gasteiger partial charge is 0.220 e. The van der Waals surface area contributed by atoms with Crippen molar-refractivity contribution in [1.82, 2.24) is 5.32 Å². The van der Waals surface area contributed by atoms with Gasteiger partial charge in [0.1, 0.15) is 0 Å². The molecule has 0 heterocycles. The largest absolute Gasteiger partial charge is 0.349 e. The van der Waals surface area contributed by atoms with E-state index in [2.05, 4.69) is 19.2 Å². The zero-order valence-electron chi connectivity index (χ0n) is 13.5. The van der Waals surface area contributed by atoms with Gasteiger partial charge >= 0.3 is 0 Å². The molecule has 1 aliphatic rings. The first kappa shape index (κ1) is 17.5. The van der Waals surface area contributed by atoms with Gasteiger partial charge in [0.15, 0.2) is 0 Å². The topological polar surface area (TPSA) is 55.1 Å². The maximum absolute atomic E-state index is 12.1. The molecule has 1 aliphatic carbocycles. The summed E-state index contributed by atoms with van der Waals surface area (Å²) >= 11 is 0. The molecule has 0 aliphatic heterocycles. The summed E-state index contributed by atoms with van der Waals surface area (Å²) in [4.78, 5) is 12.1. The molecule has 1 fully saturated rings. The van der Waals surface area contributed by atoms with Gasteiger partial charge in [-0.3, -0.25) is 4.79 Å². The SMILES string of the molecule is CCCCCCCCC(=O)NC1(CN)CCCC(C)C1. The van der Waals surface area contributed by atoms with E-state index in [1.165, 1.54) is 44.9 Å². The summed E-state index contributed by atoms with van der Waals surface area (Å²) in [6.45, 7) is 5.08. The van der Waals surface area contributed by atoms with Crippen LogP contribution in [-0.2, 0) is 4.79 Å². The molecule has 0 aromatic rings. The van der Waals surface area contributed by atoms with E-state index in [-0.39, 0.29) is 11.4 Å². The summed E-state index contributed by atoms with van der Waals surface area (Å²) in [5, 5.41) is 3.25. The Hall–Kier alpha value is -0.570. The van der Waals surface area contributed by atoms with Crippen molar-refractivity contribution in [2.45, 2.75) is 90.0 Å². The zero-order chi connectivity index (χ0) is 14.8. The second kappa shape index (κ2) is 9.38. The van der Waals surface area contributed by atoms with Crippen molar-refractivity contribution in [1.29, 1.82) is 0 Å². The van der Waals surface area contributed by atoms with Crippen molar-refractivity contribution in [3.05, 3.63) is 0 Å². The Balaban J connectivity index is 2.22. The highest BCUT2D eigenvalue weighted by Crippen LogP contribution is 2.31. The number of hydrogen-bond donors (Lipinski definition) is 2. The predicted octanol–water partition coefficient (Wildman–Crippen LogP) is 3.76. The first-order chi connectivity index (χ1) is 9.62. The monoisotopic (exact) mass is 282 g/mol. The van der Waals surface area contributed by atoms with E-state index in [1.54, 1.807) is 0 Å². The summed E-state index contributed by atoms with van der Waals surface area (Å²) in [7, 11) is 0. The molecule has 3 nitrogen and oxygen atoms in total. The first-order valence-corrected chi connectivity index (χ1v) is 8.63. The average molecular weight is 282 g/mol. The summed E-state index contributed by atoms with van der Waals surface area (Å²) in [5.74, 6) is 0.890. The van der Waals surface area contributed by atoms with Crippen molar-refractivity contribution >= 4 is 5.91 Å². The number of carbonyl (C=O) groups excluding carboxylic acids is 1. The number of hydrogen-bond acceptors (Lipinski definition) is 2. The molecule has 0 saturated heterocycles. The van der Waals surface area contributed by atoms with Crippen LogP contribution in [0.2, 0.25) is 0 Å².